The van der Waals surface area contributed by atoms with Crippen LogP contribution in [-0.2, 0) is 0 Å². The van der Waals surface area contributed by atoms with E-state index >= 15 is 0 Å². The van der Waals surface area contributed by atoms with E-state index in [0.717, 1.165) is 5.75 Å². The zero-order valence-corrected chi connectivity index (χ0v) is 11.5. The number of aromatic amines is 1. The molecule has 0 saturated heterocycles. The molecule has 0 aliphatic rings. The van der Waals surface area contributed by atoms with Crippen molar-refractivity contribution < 1.29 is 4.79 Å². The van der Waals surface area contributed by atoms with Gasteiger partial charge in [-0.15, -0.1) is 10.2 Å². The second kappa shape index (κ2) is 7.12. The Hall–Kier alpha value is -1.41. The zero-order valence-electron chi connectivity index (χ0n) is 10.7. The summed E-state index contributed by atoms with van der Waals surface area (Å²) in [4.78, 5) is 27.7. The van der Waals surface area contributed by atoms with Crippen molar-refractivity contribution in [2.24, 2.45) is 0 Å². The normalized spacial score (nSPS) is 10.7. The molecule has 18 heavy (non-hydrogen) atoms. The molecule has 8 heteroatoms. The quantitative estimate of drug-likeness (QED) is 0.682. The molecule has 0 aliphatic carbocycles. The van der Waals surface area contributed by atoms with E-state index in [1.54, 1.807) is 0 Å². The number of nitrogens with one attached hydrogen (secondary N) is 2. The summed E-state index contributed by atoms with van der Waals surface area (Å²) in [7, 11) is 3.80. The van der Waals surface area contributed by atoms with Gasteiger partial charge in [0.05, 0.1) is 0 Å². The number of carbonyl (C=O) groups is 1. The fourth-order valence-electron chi connectivity index (χ4n) is 1.15. The van der Waals surface area contributed by atoms with E-state index in [4.69, 9.17) is 0 Å². The Morgan fingerprint density at radius 2 is 2.17 bits per heavy atom. The molecule has 1 amide bonds. The molecule has 1 aromatic rings. The van der Waals surface area contributed by atoms with Crippen molar-refractivity contribution in [3.63, 3.8) is 0 Å². The van der Waals surface area contributed by atoms with E-state index in [1.807, 2.05) is 25.9 Å². The average molecular weight is 271 g/mol. The first kappa shape index (κ1) is 14.7. The molecule has 0 aliphatic heterocycles. The first-order valence-electron chi connectivity index (χ1n) is 5.57. The van der Waals surface area contributed by atoms with Crippen LogP contribution >= 0.6 is 11.8 Å². The monoisotopic (exact) mass is 271 g/mol. The predicted octanol–water partition coefficient (Wildman–Crippen LogP) is -0.432. The minimum absolute atomic E-state index is 0.200. The van der Waals surface area contributed by atoms with Crippen molar-refractivity contribution in [3.05, 3.63) is 16.0 Å². The molecule has 100 valence electrons. The first-order valence-corrected chi connectivity index (χ1v) is 6.56. The Balaban J connectivity index is 2.66. The van der Waals surface area contributed by atoms with Gasteiger partial charge in [0.25, 0.3) is 11.5 Å². The molecule has 0 spiro atoms. The van der Waals surface area contributed by atoms with Crippen LogP contribution in [0.1, 0.15) is 17.4 Å². The third-order valence-corrected chi connectivity index (χ3v) is 2.76. The lowest BCUT2D eigenvalue weighted by Crippen LogP contribution is -2.35. The van der Waals surface area contributed by atoms with Crippen molar-refractivity contribution in [2.75, 3.05) is 32.9 Å². The molecule has 0 bridgehead atoms. The van der Waals surface area contributed by atoms with Crippen LogP contribution < -0.4 is 10.9 Å². The molecule has 0 atom stereocenters. The third kappa shape index (κ3) is 4.46. The maximum Gasteiger partial charge on any atom is 0.283 e. The van der Waals surface area contributed by atoms with Gasteiger partial charge in [-0.1, -0.05) is 18.7 Å². The Labute approximate surface area is 109 Å². The van der Waals surface area contributed by atoms with Gasteiger partial charge >= 0.3 is 0 Å². The average Bonchev–Trinajstić information content (AvgIpc) is 2.28. The van der Waals surface area contributed by atoms with Crippen molar-refractivity contribution in [1.82, 2.24) is 25.4 Å². The summed E-state index contributed by atoms with van der Waals surface area (Å²) >= 11 is 1.36. The van der Waals surface area contributed by atoms with E-state index in [0.29, 0.717) is 18.2 Å². The number of H-pyrrole nitrogens is 1. The Morgan fingerprint density at radius 1 is 1.44 bits per heavy atom. The van der Waals surface area contributed by atoms with Gasteiger partial charge in [-0.25, -0.2) is 0 Å². The Bertz CT molecular complexity index is 460. The highest BCUT2D eigenvalue weighted by Gasteiger charge is 2.13. The molecule has 7 nitrogen and oxygen atoms in total. The molecule has 2 N–H and O–H groups in total. The fraction of sp³-hybridized carbons (Fsp3) is 0.600. The molecule has 1 heterocycles. The summed E-state index contributed by atoms with van der Waals surface area (Å²) < 4.78 is 0. The van der Waals surface area contributed by atoms with Crippen LogP contribution in [0, 0.1) is 0 Å². The topological polar surface area (TPSA) is 91.0 Å². The number of nitrogens with zero attached hydrogens (tertiary/aromatic N) is 3. The van der Waals surface area contributed by atoms with E-state index < -0.39 is 11.5 Å². The van der Waals surface area contributed by atoms with Crippen LogP contribution in [0.5, 0.6) is 0 Å². The zero-order chi connectivity index (χ0) is 13.5. The van der Waals surface area contributed by atoms with Crippen LogP contribution in [0.2, 0.25) is 0 Å². The standard InChI is InChI=1S/C10H17N5O2S/c1-4-18-10-12-9(17)7(13-14-10)8(16)11-5-6-15(2)3/h4-6H2,1-3H3,(H,11,16)(H,12,14,17). The first-order chi connectivity index (χ1) is 8.54. The Morgan fingerprint density at radius 3 is 2.72 bits per heavy atom. The number of thioether (sulfide) groups is 1. The maximum atomic E-state index is 11.7. The molecular weight excluding hydrogens is 254 g/mol. The summed E-state index contributed by atoms with van der Waals surface area (Å²) in [5.74, 6) is 0.276. The lowest BCUT2D eigenvalue weighted by Gasteiger charge is -2.09. The summed E-state index contributed by atoms with van der Waals surface area (Å²) in [6.45, 7) is 3.09. The van der Waals surface area contributed by atoms with Gasteiger partial charge in [0, 0.05) is 13.1 Å². The second-order valence-corrected chi connectivity index (χ2v) is 5.05. The van der Waals surface area contributed by atoms with Crippen molar-refractivity contribution in [2.45, 2.75) is 12.1 Å². The van der Waals surface area contributed by atoms with Gasteiger partial charge < -0.3 is 10.2 Å². The number of hydrogen-bond donors (Lipinski definition) is 2. The van der Waals surface area contributed by atoms with Gasteiger partial charge in [0.15, 0.2) is 5.16 Å². The van der Waals surface area contributed by atoms with Gasteiger partial charge in [-0.05, 0) is 19.8 Å². The number of amides is 1. The molecule has 1 aromatic heterocycles. The number of hydrogen-bond acceptors (Lipinski definition) is 6. The second-order valence-electron chi connectivity index (χ2n) is 3.80. The maximum absolute atomic E-state index is 11.7. The molecule has 0 unspecified atom stereocenters. The van der Waals surface area contributed by atoms with Crippen LogP contribution in [0.4, 0.5) is 0 Å². The molecular formula is C10H17N5O2S. The van der Waals surface area contributed by atoms with Gasteiger partial charge in [-0.3, -0.25) is 14.6 Å². The van der Waals surface area contributed by atoms with Gasteiger partial charge in [0.2, 0.25) is 5.69 Å². The van der Waals surface area contributed by atoms with Gasteiger partial charge in [-0.2, -0.15) is 0 Å². The minimum atomic E-state index is -0.511. The minimum Gasteiger partial charge on any atom is -0.349 e. The van der Waals surface area contributed by atoms with Gasteiger partial charge in [0.1, 0.15) is 0 Å². The predicted molar refractivity (Wildman–Crippen MR) is 69.9 cm³/mol. The summed E-state index contributed by atoms with van der Waals surface area (Å²) in [5.41, 5.74) is -0.711. The third-order valence-electron chi connectivity index (χ3n) is 2.02. The van der Waals surface area contributed by atoms with Crippen molar-refractivity contribution in [3.8, 4) is 0 Å². The highest BCUT2D eigenvalue weighted by Crippen LogP contribution is 2.07. The number of carbonyl (C=O) groups excluding carboxylic acids is 1. The molecule has 0 saturated carbocycles. The fourth-order valence-corrected chi connectivity index (χ4v) is 1.69. The number of aromatic nitrogens is 3. The number of likely N-dealkylation sites (N-methyl/N-ethyl adjacent to an activating group) is 1. The van der Waals surface area contributed by atoms with E-state index in [-0.39, 0.29) is 5.69 Å². The lowest BCUT2D eigenvalue weighted by molar-refractivity contribution is 0.0942. The van der Waals surface area contributed by atoms with E-state index in [2.05, 4.69) is 20.5 Å². The molecule has 0 aromatic carbocycles. The van der Waals surface area contributed by atoms with Crippen LogP contribution in [0.15, 0.2) is 9.95 Å². The number of rotatable bonds is 6. The SMILES string of the molecule is CCSc1nnc(C(=O)NCCN(C)C)c(=O)[nH]1. The van der Waals surface area contributed by atoms with E-state index in [1.165, 1.54) is 11.8 Å². The smallest absolute Gasteiger partial charge is 0.283 e. The highest BCUT2D eigenvalue weighted by atomic mass is 32.2. The summed E-state index contributed by atoms with van der Waals surface area (Å²) in [6, 6.07) is 0. The van der Waals surface area contributed by atoms with Crippen LogP contribution in [0.3, 0.4) is 0 Å². The van der Waals surface area contributed by atoms with Crippen molar-refractivity contribution in [1.29, 1.82) is 0 Å². The molecule has 1 rings (SSSR count). The van der Waals surface area contributed by atoms with Crippen molar-refractivity contribution >= 4 is 17.7 Å². The van der Waals surface area contributed by atoms with Crippen LogP contribution in [0.25, 0.3) is 0 Å². The van der Waals surface area contributed by atoms with E-state index in [9.17, 15) is 9.59 Å². The summed E-state index contributed by atoms with van der Waals surface area (Å²) in [5, 5.41) is 10.5. The highest BCUT2D eigenvalue weighted by molar-refractivity contribution is 7.99. The van der Waals surface area contributed by atoms with Crippen LogP contribution in [-0.4, -0.2) is 58.9 Å². The lowest BCUT2D eigenvalue weighted by atomic mass is 10.4. The molecule has 0 fully saturated rings. The Kier molecular flexibility index (Phi) is 5.79. The largest absolute Gasteiger partial charge is 0.349 e. The summed E-state index contributed by atoms with van der Waals surface area (Å²) in [6.07, 6.45) is 0. The molecule has 0 radical (unpaired) electrons.